The smallest absolute Gasteiger partial charge is 0.244 e. The third kappa shape index (κ3) is 2.97. The second-order valence-corrected chi connectivity index (χ2v) is 4.37. The molecule has 4 nitrogen and oxygen atoms in total. The lowest BCUT2D eigenvalue weighted by atomic mass is 10.1. The van der Waals surface area contributed by atoms with Crippen LogP contribution < -0.4 is 5.32 Å². The number of amides is 1. The fourth-order valence-electron chi connectivity index (χ4n) is 1.79. The number of nitrogens with one attached hydrogen (secondary N) is 1. The maximum absolute atomic E-state index is 11.9. The van der Waals surface area contributed by atoms with Crippen LogP contribution >= 0.6 is 0 Å². The van der Waals surface area contributed by atoms with E-state index in [1.165, 1.54) is 5.56 Å². The molecule has 0 radical (unpaired) electrons. The second-order valence-electron chi connectivity index (χ2n) is 4.37. The molecule has 0 aliphatic carbocycles. The molecule has 18 heavy (non-hydrogen) atoms. The van der Waals surface area contributed by atoms with Crippen LogP contribution in [0.25, 0.3) is 0 Å². The summed E-state index contributed by atoms with van der Waals surface area (Å²) in [6, 6.07) is 9.63. The first kappa shape index (κ1) is 12.4. The predicted molar refractivity (Wildman–Crippen MR) is 70.0 cm³/mol. The molecule has 4 heteroatoms. The van der Waals surface area contributed by atoms with Gasteiger partial charge in [-0.25, -0.2) is 0 Å². The monoisotopic (exact) mass is 243 g/mol. The van der Waals surface area contributed by atoms with Crippen molar-refractivity contribution in [2.24, 2.45) is 0 Å². The van der Waals surface area contributed by atoms with Crippen molar-refractivity contribution in [3.63, 3.8) is 0 Å². The van der Waals surface area contributed by atoms with Crippen molar-refractivity contribution >= 4 is 5.91 Å². The van der Waals surface area contributed by atoms with Crippen molar-refractivity contribution in [1.82, 2.24) is 15.1 Å². The Morgan fingerprint density at radius 1 is 1.44 bits per heavy atom. The number of aromatic nitrogens is 2. The van der Waals surface area contributed by atoms with E-state index in [4.69, 9.17) is 0 Å². The molecule has 2 aromatic rings. The zero-order valence-electron chi connectivity index (χ0n) is 10.6. The highest BCUT2D eigenvalue weighted by molar-refractivity contribution is 5.79. The van der Waals surface area contributed by atoms with Crippen molar-refractivity contribution in [1.29, 1.82) is 0 Å². The van der Waals surface area contributed by atoms with Crippen molar-refractivity contribution in [3.05, 3.63) is 53.9 Å². The van der Waals surface area contributed by atoms with Gasteiger partial charge in [-0.05, 0) is 25.5 Å². The molecule has 1 aromatic heterocycles. The van der Waals surface area contributed by atoms with Crippen LogP contribution in [0.1, 0.15) is 24.1 Å². The lowest BCUT2D eigenvalue weighted by Gasteiger charge is -2.12. The van der Waals surface area contributed by atoms with E-state index in [0.717, 1.165) is 5.56 Å². The highest BCUT2D eigenvalue weighted by atomic mass is 16.2. The van der Waals surface area contributed by atoms with Gasteiger partial charge >= 0.3 is 0 Å². The molecule has 1 amide bonds. The van der Waals surface area contributed by atoms with E-state index in [1.807, 2.05) is 38.1 Å². The average molecular weight is 243 g/mol. The quantitative estimate of drug-likeness (QED) is 0.893. The lowest BCUT2D eigenvalue weighted by Crippen LogP contribution is -2.30. The molecule has 1 heterocycles. The number of carbonyl (C=O) groups excluding carboxylic acids is 1. The fraction of sp³-hybridized carbons (Fsp3) is 0.286. The Kier molecular flexibility index (Phi) is 3.77. The Labute approximate surface area is 107 Å². The fourth-order valence-corrected chi connectivity index (χ4v) is 1.79. The molecule has 0 saturated carbocycles. The Hall–Kier alpha value is -2.10. The predicted octanol–water partition coefficient (Wildman–Crippen LogP) is 2.07. The van der Waals surface area contributed by atoms with Crippen LogP contribution in [0, 0.1) is 6.92 Å². The summed E-state index contributed by atoms with van der Waals surface area (Å²) in [7, 11) is 0. The summed E-state index contributed by atoms with van der Waals surface area (Å²) in [5.41, 5.74) is 2.30. The van der Waals surface area contributed by atoms with Gasteiger partial charge in [0.25, 0.3) is 0 Å². The third-order valence-electron chi connectivity index (χ3n) is 2.85. The van der Waals surface area contributed by atoms with Crippen LogP contribution in [0.5, 0.6) is 0 Å². The molecule has 1 N–H and O–H groups in total. The third-order valence-corrected chi connectivity index (χ3v) is 2.85. The van der Waals surface area contributed by atoms with Gasteiger partial charge in [0.15, 0.2) is 0 Å². The highest BCUT2D eigenvalue weighted by Crippen LogP contribution is 2.06. The minimum absolute atomic E-state index is 0.0276. The van der Waals surface area contributed by atoms with Gasteiger partial charge in [0.2, 0.25) is 5.91 Å². The molecule has 0 aliphatic rings. The van der Waals surface area contributed by atoms with E-state index in [2.05, 4.69) is 16.5 Å². The highest BCUT2D eigenvalue weighted by Gasteiger charge is 2.13. The van der Waals surface area contributed by atoms with Crippen LogP contribution in [-0.4, -0.2) is 15.7 Å². The normalized spacial score (nSPS) is 12.1. The number of aryl methyl sites for hydroxylation is 1. The van der Waals surface area contributed by atoms with Gasteiger partial charge in [-0.1, -0.05) is 29.8 Å². The molecule has 0 saturated heterocycles. The molecule has 1 aromatic carbocycles. The Morgan fingerprint density at radius 3 is 2.94 bits per heavy atom. The SMILES string of the molecule is Cc1cccc(CNC(=O)C(C)n2cccn2)c1. The average Bonchev–Trinajstić information content (AvgIpc) is 2.89. The Bertz CT molecular complexity index is 520. The number of hydrogen-bond acceptors (Lipinski definition) is 2. The topological polar surface area (TPSA) is 46.9 Å². The van der Waals surface area contributed by atoms with Gasteiger partial charge in [0.05, 0.1) is 0 Å². The molecule has 0 fully saturated rings. The Balaban J connectivity index is 1.92. The molecule has 94 valence electrons. The molecule has 0 bridgehead atoms. The summed E-state index contributed by atoms with van der Waals surface area (Å²) in [6.45, 7) is 4.42. The molecule has 2 rings (SSSR count). The van der Waals surface area contributed by atoms with Gasteiger partial charge < -0.3 is 5.32 Å². The van der Waals surface area contributed by atoms with Crippen LogP contribution in [-0.2, 0) is 11.3 Å². The van der Waals surface area contributed by atoms with Crippen molar-refractivity contribution in [2.75, 3.05) is 0 Å². The minimum Gasteiger partial charge on any atom is -0.350 e. The van der Waals surface area contributed by atoms with Gasteiger partial charge in [-0.3, -0.25) is 9.48 Å². The number of nitrogens with zero attached hydrogens (tertiary/aromatic N) is 2. The summed E-state index contributed by atoms with van der Waals surface area (Å²) in [5, 5.41) is 6.98. The zero-order chi connectivity index (χ0) is 13.0. The van der Waals surface area contributed by atoms with E-state index < -0.39 is 0 Å². The van der Waals surface area contributed by atoms with Crippen molar-refractivity contribution in [2.45, 2.75) is 26.4 Å². The number of rotatable bonds is 4. The molecule has 1 unspecified atom stereocenters. The molecule has 0 spiro atoms. The first-order valence-corrected chi connectivity index (χ1v) is 5.99. The van der Waals surface area contributed by atoms with E-state index >= 15 is 0 Å². The maximum Gasteiger partial charge on any atom is 0.244 e. The van der Waals surface area contributed by atoms with E-state index in [9.17, 15) is 4.79 Å². The van der Waals surface area contributed by atoms with E-state index in [0.29, 0.717) is 6.54 Å². The summed E-state index contributed by atoms with van der Waals surface area (Å²) in [4.78, 5) is 11.9. The minimum atomic E-state index is -0.287. The summed E-state index contributed by atoms with van der Waals surface area (Å²) in [5.74, 6) is -0.0276. The Morgan fingerprint density at radius 2 is 2.28 bits per heavy atom. The van der Waals surface area contributed by atoms with Crippen LogP contribution in [0.3, 0.4) is 0 Å². The van der Waals surface area contributed by atoms with Gasteiger partial charge in [-0.2, -0.15) is 5.10 Å². The number of carbonyl (C=O) groups is 1. The van der Waals surface area contributed by atoms with Crippen LogP contribution in [0.15, 0.2) is 42.7 Å². The largest absolute Gasteiger partial charge is 0.350 e. The maximum atomic E-state index is 11.9. The zero-order valence-corrected chi connectivity index (χ0v) is 10.6. The van der Waals surface area contributed by atoms with E-state index in [-0.39, 0.29) is 11.9 Å². The lowest BCUT2D eigenvalue weighted by molar-refractivity contribution is -0.124. The van der Waals surface area contributed by atoms with Crippen LogP contribution in [0.4, 0.5) is 0 Å². The van der Waals surface area contributed by atoms with Gasteiger partial charge in [-0.15, -0.1) is 0 Å². The second kappa shape index (κ2) is 5.49. The molecular weight excluding hydrogens is 226 g/mol. The van der Waals surface area contributed by atoms with Crippen LogP contribution in [0.2, 0.25) is 0 Å². The standard InChI is InChI=1S/C14H17N3O/c1-11-5-3-6-13(9-11)10-15-14(18)12(2)17-8-4-7-16-17/h3-9,12H,10H2,1-2H3,(H,15,18). The molecule has 1 atom stereocenters. The van der Waals surface area contributed by atoms with Gasteiger partial charge in [0.1, 0.15) is 6.04 Å². The first-order valence-electron chi connectivity index (χ1n) is 5.99. The summed E-state index contributed by atoms with van der Waals surface area (Å²) in [6.07, 6.45) is 3.46. The van der Waals surface area contributed by atoms with Crippen molar-refractivity contribution in [3.8, 4) is 0 Å². The first-order chi connectivity index (χ1) is 8.66. The van der Waals surface area contributed by atoms with Gasteiger partial charge in [0, 0.05) is 18.9 Å². The molecular formula is C14H17N3O. The summed E-state index contributed by atoms with van der Waals surface area (Å²) < 4.78 is 1.64. The summed E-state index contributed by atoms with van der Waals surface area (Å²) >= 11 is 0. The number of benzene rings is 1. The van der Waals surface area contributed by atoms with Crippen molar-refractivity contribution < 1.29 is 4.79 Å². The number of hydrogen-bond donors (Lipinski definition) is 1. The van der Waals surface area contributed by atoms with E-state index in [1.54, 1.807) is 17.1 Å². The molecule has 0 aliphatic heterocycles.